The second kappa shape index (κ2) is 5.71. The first-order valence-corrected chi connectivity index (χ1v) is 6.10. The van der Waals surface area contributed by atoms with Crippen LogP contribution in [0.1, 0.15) is 22.8 Å². The number of hydrogen-bond acceptors (Lipinski definition) is 4. The molecule has 0 aliphatic carbocycles. The Morgan fingerprint density at radius 1 is 1.15 bits per heavy atom. The maximum atomic E-state index is 10.8. The summed E-state index contributed by atoms with van der Waals surface area (Å²) in [6.45, 7) is 1.66. The van der Waals surface area contributed by atoms with Crippen LogP contribution in [-0.2, 0) is 0 Å². The van der Waals surface area contributed by atoms with E-state index in [0.29, 0.717) is 22.4 Å². The summed E-state index contributed by atoms with van der Waals surface area (Å²) in [6.07, 6.45) is -0.819. The lowest BCUT2D eigenvalue weighted by Gasteiger charge is -2.12. The number of ether oxygens (including phenoxy) is 1. The molecule has 0 aliphatic heterocycles. The van der Waals surface area contributed by atoms with E-state index < -0.39 is 11.0 Å². The Kier molecular flexibility index (Phi) is 4.00. The van der Waals surface area contributed by atoms with Crippen molar-refractivity contribution in [1.29, 1.82) is 0 Å². The lowest BCUT2D eigenvalue weighted by molar-refractivity contribution is -0.385. The molecule has 0 amide bonds. The largest absolute Gasteiger partial charge is 0.497 e. The van der Waals surface area contributed by atoms with Crippen LogP contribution >= 0.6 is 0 Å². The van der Waals surface area contributed by atoms with Crippen LogP contribution in [0, 0.1) is 17.0 Å². The van der Waals surface area contributed by atoms with Gasteiger partial charge in [0.05, 0.1) is 12.0 Å². The molecule has 5 heteroatoms. The summed E-state index contributed by atoms with van der Waals surface area (Å²) in [7, 11) is 1.57. The van der Waals surface area contributed by atoms with Crippen molar-refractivity contribution in [3.63, 3.8) is 0 Å². The smallest absolute Gasteiger partial charge is 0.272 e. The summed E-state index contributed by atoms with van der Waals surface area (Å²) in [5.74, 6) is 0.709. The molecular formula is C15H15NO4. The second-order valence-corrected chi connectivity index (χ2v) is 4.48. The summed E-state index contributed by atoms with van der Waals surface area (Å²) in [6, 6.07) is 11.7. The summed E-state index contributed by atoms with van der Waals surface area (Å²) in [5.41, 5.74) is 1.91. The van der Waals surface area contributed by atoms with E-state index in [2.05, 4.69) is 0 Å². The van der Waals surface area contributed by atoms with E-state index >= 15 is 0 Å². The van der Waals surface area contributed by atoms with Gasteiger partial charge in [0.25, 0.3) is 5.69 Å². The van der Waals surface area contributed by atoms with Crippen molar-refractivity contribution in [2.24, 2.45) is 0 Å². The minimum atomic E-state index is -0.819. The van der Waals surface area contributed by atoms with Crippen molar-refractivity contribution in [3.8, 4) is 5.75 Å². The first-order chi connectivity index (χ1) is 9.52. The third-order valence-corrected chi connectivity index (χ3v) is 3.16. The average molecular weight is 273 g/mol. The molecule has 0 fully saturated rings. The van der Waals surface area contributed by atoms with Gasteiger partial charge in [-0.25, -0.2) is 0 Å². The van der Waals surface area contributed by atoms with E-state index in [0.717, 1.165) is 0 Å². The van der Waals surface area contributed by atoms with Gasteiger partial charge in [-0.05, 0) is 42.3 Å². The highest BCUT2D eigenvalue weighted by Crippen LogP contribution is 2.27. The van der Waals surface area contributed by atoms with Gasteiger partial charge in [-0.2, -0.15) is 0 Å². The first-order valence-electron chi connectivity index (χ1n) is 6.10. The van der Waals surface area contributed by atoms with Gasteiger partial charge in [0.2, 0.25) is 0 Å². The van der Waals surface area contributed by atoms with Gasteiger partial charge in [-0.3, -0.25) is 10.1 Å². The number of hydrogen-bond donors (Lipinski definition) is 1. The zero-order valence-electron chi connectivity index (χ0n) is 11.2. The van der Waals surface area contributed by atoms with Crippen molar-refractivity contribution >= 4 is 5.69 Å². The van der Waals surface area contributed by atoms with Crippen molar-refractivity contribution in [1.82, 2.24) is 0 Å². The molecule has 1 unspecified atom stereocenters. The lowest BCUT2D eigenvalue weighted by atomic mass is 9.99. The van der Waals surface area contributed by atoms with Gasteiger partial charge >= 0.3 is 0 Å². The minimum absolute atomic E-state index is 0.0516. The molecule has 0 radical (unpaired) electrons. The molecule has 104 valence electrons. The Balaban J connectivity index is 2.30. The molecule has 0 saturated carbocycles. The van der Waals surface area contributed by atoms with Crippen LogP contribution in [0.3, 0.4) is 0 Å². The van der Waals surface area contributed by atoms with E-state index in [1.54, 1.807) is 50.4 Å². The van der Waals surface area contributed by atoms with Gasteiger partial charge in [0.15, 0.2) is 0 Å². The normalized spacial score (nSPS) is 11.9. The van der Waals surface area contributed by atoms with E-state index in [9.17, 15) is 15.2 Å². The maximum Gasteiger partial charge on any atom is 0.272 e. The van der Waals surface area contributed by atoms with Crippen molar-refractivity contribution in [3.05, 3.63) is 69.3 Å². The molecule has 2 aromatic carbocycles. The molecule has 0 heterocycles. The average Bonchev–Trinajstić information content (AvgIpc) is 2.46. The highest BCUT2D eigenvalue weighted by molar-refractivity contribution is 5.44. The Morgan fingerprint density at radius 2 is 1.75 bits per heavy atom. The SMILES string of the molecule is COc1ccc(C(O)c2ccc([N+](=O)[O-])c(C)c2)cc1. The highest BCUT2D eigenvalue weighted by Gasteiger charge is 2.15. The second-order valence-electron chi connectivity index (χ2n) is 4.48. The van der Waals surface area contributed by atoms with Crippen LogP contribution in [0.4, 0.5) is 5.69 Å². The van der Waals surface area contributed by atoms with E-state index in [4.69, 9.17) is 4.74 Å². The fourth-order valence-corrected chi connectivity index (χ4v) is 2.03. The van der Waals surface area contributed by atoms with Crippen LogP contribution in [0.2, 0.25) is 0 Å². The molecule has 2 aromatic rings. The quantitative estimate of drug-likeness (QED) is 0.686. The molecule has 5 nitrogen and oxygen atoms in total. The third kappa shape index (κ3) is 2.78. The number of aryl methyl sites for hydroxylation is 1. The molecule has 20 heavy (non-hydrogen) atoms. The summed E-state index contributed by atoms with van der Waals surface area (Å²) < 4.78 is 5.06. The van der Waals surface area contributed by atoms with Gasteiger partial charge in [0, 0.05) is 11.6 Å². The molecule has 1 N–H and O–H groups in total. The van der Waals surface area contributed by atoms with Crippen molar-refractivity contribution in [2.45, 2.75) is 13.0 Å². The van der Waals surface area contributed by atoms with E-state index in [-0.39, 0.29) is 5.69 Å². The van der Waals surface area contributed by atoms with E-state index in [1.165, 1.54) is 6.07 Å². The van der Waals surface area contributed by atoms with E-state index in [1.807, 2.05) is 0 Å². The predicted octanol–water partition coefficient (Wildman–Crippen LogP) is 2.99. The molecule has 0 bridgehead atoms. The van der Waals surface area contributed by atoms with Crippen molar-refractivity contribution in [2.75, 3.05) is 7.11 Å². The monoisotopic (exact) mass is 273 g/mol. The van der Waals surface area contributed by atoms with Gasteiger partial charge in [-0.1, -0.05) is 12.1 Å². The number of nitro benzene ring substituents is 1. The zero-order valence-corrected chi connectivity index (χ0v) is 11.2. The van der Waals surface area contributed by atoms with Gasteiger partial charge < -0.3 is 9.84 Å². The topological polar surface area (TPSA) is 72.6 Å². The molecular weight excluding hydrogens is 258 g/mol. The Bertz CT molecular complexity index is 622. The fraction of sp³-hybridized carbons (Fsp3) is 0.200. The molecule has 0 spiro atoms. The zero-order chi connectivity index (χ0) is 14.7. The molecule has 0 aromatic heterocycles. The Labute approximate surface area is 116 Å². The number of rotatable bonds is 4. The number of nitro groups is 1. The number of methoxy groups -OCH3 is 1. The number of benzene rings is 2. The summed E-state index contributed by atoms with van der Waals surface area (Å²) in [4.78, 5) is 10.3. The Morgan fingerprint density at radius 3 is 2.25 bits per heavy atom. The van der Waals surface area contributed by atoms with Crippen LogP contribution in [0.25, 0.3) is 0 Å². The summed E-state index contributed by atoms with van der Waals surface area (Å²) >= 11 is 0. The fourth-order valence-electron chi connectivity index (χ4n) is 2.03. The predicted molar refractivity (Wildman–Crippen MR) is 74.9 cm³/mol. The maximum absolute atomic E-state index is 10.8. The van der Waals surface area contributed by atoms with Crippen LogP contribution in [-0.4, -0.2) is 17.1 Å². The number of aliphatic hydroxyl groups is 1. The number of nitrogens with zero attached hydrogens (tertiary/aromatic N) is 1. The third-order valence-electron chi connectivity index (χ3n) is 3.16. The van der Waals surface area contributed by atoms with Crippen LogP contribution < -0.4 is 4.74 Å². The van der Waals surface area contributed by atoms with Crippen molar-refractivity contribution < 1.29 is 14.8 Å². The lowest BCUT2D eigenvalue weighted by Crippen LogP contribution is -2.01. The van der Waals surface area contributed by atoms with Crippen LogP contribution in [0.15, 0.2) is 42.5 Å². The van der Waals surface area contributed by atoms with Gasteiger partial charge in [-0.15, -0.1) is 0 Å². The Hall–Kier alpha value is -2.40. The first kappa shape index (κ1) is 14.0. The number of aliphatic hydroxyl groups excluding tert-OH is 1. The molecule has 2 rings (SSSR count). The van der Waals surface area contributed by atoms with Crippen LogP contribution in [0.5, 0.6) is 5.75 Å². The van der Waals surface area contributed by atoms with Gasteiger partial charge in [0.1, 0.15) is 11.9 Å². The standard InChI is InChI=1S/C15H15NO4/c1-10-9-12(5-8-14(10)16(18)19)15(17)11-3-6-13(20-2)7-4-11/h3-9,15,17H,1-2H3. The molecule has 0 saturated heterocycles. The minimum Gasteiger partial charge on any atom is -0.497 e. The highest BCUT2D eigenvalue weighted by atomic mass is 16.6. The molecule has 1 atom stereocenters. The summed E-state index contributed by atoms with van der Waals surface area (Å²) in [5, 5.41) is 21.1. The molecule has 0 aliphatic rings.